The molecule has 30 heavy (non-hydrogen) atoms. The van der Waals surface area contributed by atoms with Crippen molar-refractivity contribution in [1.82, 2.24) is 20.1 Å². The van der Waals surface area contributed by atoms with Crippen LogP contribution >= 0.6 is 0 Å². The van der Waals surface area contributed by atoms with Crippen LogP contribution in [-0.2, 0) is 11.3 Å². The van der Waals surface area contributed by atoms with Gasteiger partial charge in [0.2, 0.25) is 11.8 Å². The van der Waals surface area contributed by atoms with Crippen molar-refractivity contribution in [2.75, 3.05) is 14.2 Å². The number of guanidine groups is 1. The molecule has 1 N–H and O–H groups in total. The molecule has 8 nitrogen and oxygen atoms in total. The lowest BCUT2D eigenvalue weighted by Gasteiger charge is -2.39. The van der Waals surface area contributed by atoms with E-state index >= 15 is 0 Å². The molecular weight excluding hydrogens is 394 g/mol. The summed E-state index contributed by atoms with van der Waals surface area (Å²) < 4.78 is 32.6. The SMILES string of the molecule is COc1ccc(N=C2NC(=O)C3C(N=CN3C)N2Cc2cc(F)cc(F)c2)c(C)n1. The van der Waals surface area contributed by atoms with E-state index in [0.29, 0.717) is 22.8 Å². The number of aryl methyl sites for hydroxylation is 1. The highest BCUT2D eigenvalue weighted by Gasteiger charge is 2.44. The molecule has 0 radical (unpaired) electrons. The van der Waals surface area contributed by atoms with E-state index < -0.39 is 23.8 Å². The predicted molar refractivity (Wildman–Crippen MR) is 106 cm³/mol. The average Bonchev–Trinajstić information content (AvgIpc) is 3.07. The topological polar surface area (TPSA) is 82.4 Å². The Bertz CT molecular complexity index is 1040. The third kappa shape index (κ3) is 3.68. The fraction of sp³-hybridized carbons (Fsp3) is 0.300. The van der Waals surface area contributed by atoms with Crippen molar-refractivity contribution in [3.63, 3.8) is 0 Å². The van der Waals surface area contributed by atoms with Crippen LogP contribution in [0.2, 0.25) is 0 Å². The van der Waals surface area contributed by atoms with E-state index in [9.17, 15) is 13.6 Å². The molecule has 3 heterocycles. The summed E-state index contributed by atoms with van der Waals surface area (Å²) in [4.78, 5) is 29.4. The molecule has 2 aliphatic rings. The van der Waals surface area contributed by atoms with Gasteiger partial charge in [0.15, 0.2) is 12.2 Å². The van der Waals surface area contributed by atoms with Gasteiger partial charge < -0.3 is 14.5 Å². The highest BCUT2D eigenvalue weighted by atomic mass is 19.1. The third-order valence-electron chi connectivity index (χ3n) is 4.96. The van der Waals surface area contributed by atoms with Crippen molar-refractivity contribution in [1.29, 1.82) is 0 Å². The summed E-state index contributed by atoms with van der Waals surface area (Å²) in [5, 5.41) is 2.79. The number of amides is 1. The standard InChI is InChI=1S/C20H20F2N6O2/c1-11-15(4-5-16(24-11)30-3)25-20-26-19(29)17-18(23-10-27(17)2)28(20)9-12-6-13(21)8-14(22)7-12/h4-8,10,17-18H,9H2,1-3H3,(H,25,26,29). The smallest absolute Gasteiger partial charge is 0.253 e. The highest BCUT2D eigenvalue weighted by Crippen LogP contribution is 2.26. The first-order chi connectivity index (χ1) is 14.4. The van der Waals surface area contributed by atoms with Gasteiger partial charge in [-0.2, -0.15) is 0 Å². The van der Waals surface area contributed by atoms with Crippen LogP contribution in [0.15, 0.2) is 40.3 Å². The van der Waals surface area contributed by atoms with Crippen LogP contribution in [0.3, 0.4) is 0 Å². The maximum absolute atomic E-state index is 13.7. The van der Waals surface area contributed by atoms with Crippen LogP contribution in [0.5, 0.6) is 5.88 Å². The summed E-state index contributed by atoms with van der Waals surface area (Å²) in [7, 11) is 3.26. The number of aliphatic imine (C=N–C) groups is 2. The number of methoxy groups -OCH3 is 1. The summed E-state index contributed by atoms with van der Waals surface area (Å²) in [6.07, 6.45) is 0.984. The molecule has 4 rings (SSSR count). The van der Waals surface area contributed by atoms with Crippen molar-refractivity contribution in [3.05, 3.63) is 53.2 Å². The number of carbonyl (C=O) groups excluding carboxylic acids is 1. The van der Waals surface area contributed by atoms with Crippen LogP contribution in [0.1, 0.15) is 11.3 Å². The Labute approximate surface area is 171 Å². The maximum atomic E-state index is 13.7. The van der Waals surface area contributed by atoms with Gasteiger partial charge in [0.1, 0.15) is 11.6 Å². The molecule has 0 bridgehead atoms. The van der Waals surface area contributed by atoms with Crippen LogP contribution in [-0.4, -0.2) is 59.4 Å². The Kier molecular flexibility index (Phi) is 5.06. The van der Waals surface area contributed by atoms with Crippen molar-refractivity contribution in [3.8, 4) is 5.88 Å². The molecule has 1 fully saturated rings. The van der Waals surface area contributed by atoms with Crippen LogP contribution in [0.25, 0.3) is 0 Å². The summed E-state index contributed by atoms with van der Waals surface area (Å²) in [5.41, 5.74) is 1.52. The second-order valence-electron chi connectivity index (χ2n) is 7.08. The molecule has 1 saturated heterocycles. The lowest BCUT2D eigenvalue weighted by molar-refractivity contribution is -0.126. The molecule has 1 amide bonds. The first-order valence-electron chi connectivity index (χ1n) is 9.24. The Hall–Kier alpha value is -3.56. The van der Waals surface area contributed by atoms with E-state index in [0.717, 1.165) is 6.07 Å². The van der Waals surface area contributed by atoms with Crippen molar-refractivity contribution >= 4 is 23.9 Å². The molecule has 0 saturated carbocycles. The number of likely N-dealkylation sites (N-methyl/N-ethyl adjacent to an activating group) is 1. The van der Waals surface area contributed by atoms with E-state index in [1.807, 2.05) is 0 Å². The zero-order valence-corrected chi connectivity index (χ0v) is 16.6. The second kappa shape index (κ2) is 7.69. The quantitative estimate of drug-likeness (QED) is 0.827. The summed E-state index contributed by atoms with van der Waals surface area (Å²) in [6.45, 7) is 1.87. The predicted octanol–water partition coefficient (Wildman–Crippen LogP) is 1.96. The van der Waals surface area contributed by atoms with E-state index in [-0.39, 0.29) is 18.4 Å². The van der Waals surface area contributed by atoms with Crippen LogP contribution < -0.4 is 10.1 Å². The monoisotopic (exact) mass is 414 g/mol. The summed E-state index contributed by atoms with van der Waals surface area (Å²) >= 11 is 0. The molecule has 2 aromatic rings. The van der Waals surface area contributed by atoms with E-state index in [4.69, 9.17) is 4.74 Å². The highest BCUT2D eigenvalue weighted by molar-refractivity contribution is 6.04. The van der Waals surface area contributed by atoms with Gasteiger partial charge in [-0.15, -0.1) is 0 Å². The molecule has 0 spiro atoms. The number of fused-ring (bicyclic) bond motifs is 1. The third-order valence-corrected chi connectivity index (χ3v) is 4.96. The number of hydrogen-bond donors (Lipinski definition) is 1. The first-order valence-corrected chi connectivity index (χ1v) is 9.24. The lowest BCUT2D eigenvalue weighted by Crippen LogP contribution is -2.64. The summed E-state index contributed by atoms with van der Waals surface area (Å²) in [5.74, 6) is -0.946. The average molecular weight is 414 g/mol. The molecule has 0 aliphatic carbocycles. The number of pyridine rings is 1. The van der Waals surface area contributed by atoms with Crippen molar-refractivity contribution in [2.45, 2.75) is 25.7 Å². The number of halogens is 2. The normalized spacial score (nSPS) is 21.8. The van der Waals surface area contributed by atoms with E-state index in [1.165, 1.54) is 19.2 Å². The van der Waals surface area contributed by atoms with Crippen molar-refractivity contribution < 1.29 is 18.3 Å². The molecular formula is C20H20F2N6O2. The first kappa shape index (κ1) is 19.7. The largest absolute Gasteiger partial charge is 0.481 e. The molecule has 2 aliphatic heterocycles. The number of benzene rings is 1. The number of rotatable bonds is 4. The zero-order valence-electron chi connectivity index (χ0n) is 16.6. The number of nitrogens with one attached hydrogen (secondary N) is 1. The van der Waals surface area contributed by atoms with Gasteiger partial charge in [0.05, 0.1) is 24.8 Å². The van der Waals surface area contributed by atoms with Gasteiger partial charge in [-0.25, -0.2) is 23.7 Å². The fourth-order valence-corrected chi connectivity index (χ4v) is 3.53. The number of hydrogen-bond acceptors (Lipinski definition) is 6. The van der Waals surface area contributed by atoms with Gasteiger partial charge in [-0.1, -0.05) is 0 Å². The molecule has 2 atom stereocenters. The maximum Gasteiger partial charge on any atom is 0.253 e. The number of nitrogens with zero attached hydrogens (tertiary/aromatic N) is 5. The van der Waals surface area contributed by atoms with Crippen LogP contribution in [0.4, 0.5) is 14.5 Å². The number of aromatic nitrogens is 1. The minimum absolute atomic E-state index is 0.1000. The fourth-order valence-electron chi connectivity index (χ4n) is 3.53. The molecule has 10 heteroatoms. The Morgan fingerprint density at radius 1 is 1.23 bits per heavy atom. The van der Waals surface area contributed by atoms with Crippen LogP contribution in [0, 0.1) is 18.6 Å². The molecule has 1 aromatic carbocycles. The second-order valence-corrected chi connectivity index (χ2v) is 7.08. The number of ether oxygens (including phenoxy) is 1. The van der Waals surface area contributed by atoms with Crippen molar-refractivity contribution in [2.24, 2.45) is 9.98 Å². The Balaban J connectivity index is 1.74. The number of carbonyl (C=O) groups is 1. The molecule has 2 unspecified atom stereocenters. The van der Waals surface area contributed by atoms with Gasteiger partial charge in [0.25, 0.3) is 5.91 Å². The minimum atomic E-state index is -0.677. The Morgan fingerprint density at radius 2 is 1.97 bits per heavy atom. The van der Waals surface area contributed by atoms with Gasteiger partial charge in [-0.05, 0) is 30.7 Å². The lowest BCUT2D eigenvalue weighted by atomic mass is 10.1. The summed E-state index contributed by atoms with van der Waals surface area (Å²) in [6, 6.07) is 6.11. The molecule has 156 valence electrons. The van der Waals surface area contributed by atoms with Gasteiger partial charge in [0, 0.05) is 25.7 Å². The van der Waals surface area contributed by atoms with Gasteiger partial charge in [-0.3, -0.25) is 10.1 Å². The molecule has 1 aromatic heterocycles. The zero-order chi connectivity index (χ0) is 21.4. The van der Waals surface area contributed by atoms with E-state index in [1.54, 1.807) is 42.2 Å². The minimum Gasteiger partial charge on any atom is -0.481 e. The Morgan fingerprint density at radius 3 is 2.63 bits per heavy atom. The van der Waals surface area contributed by atoms with Gasteiger partial charge >= 0.3 is 0 Å². The van der Waals surface area contributed by atoms with E-state index in [2.05, 4.69) is 20.3 Å².